The molecule has 10 heteroatoms. The maximum absolute atomic E-state index is 12.6. The minimum atomic E-state index is -3.65. The van der Waals surface area contributed by atoms with Gasteiger partial charge in [0.25, 0.3) is 0 Å². The molecule has 1 aromatic rings. The Hall–Kier alpha value is -2.17. The Morgan fingerprint density at radius 3 is 2.58 bits per heavy atom. The zero-order valence-electron chi connectivity index (χ0n) is 13.2. The lowest BCUT2D eigenvalue weighted by molar-refractivity contribution is -0.117. The average molecular weight is 356 g/mol. The highest BCUT2D eigenvalue weighted by atomic mass is 32.2. The Labute approximate surface area is 140 Å². The number of hydrogen-bond acceptors (Lipinski definition) is 5. The molecule has 4 N–H and O–H groups in total. The number of anilines is 1. The van der Waals surface area contributed by atoms with E-state index in [2.05, 4.69) is 10.6 Å². The third-order valence-electron chi connectivity index (χ3n) is 3.46. The SMILES string of the molecule is CC(NC(N)=O)C(=O)Nc1cccc(S(=O)(=O)N2CCOCC2)c1. The molecule has 0 aliphatic carbocycles. The summed E-state index contributed by atoms with van der Waals surface area (Å²) >= 11 is 0. The summed E-state index contributed by atoms with van der Waals surface area (Å²) in [4.78, 5) is 22.8. The van der Waals surface area contributed by atoms with E-state index in [9.17, 15) is 18.0 Å². The lowest BCUT2D eigenvalue weighted by Crippen LogP contribution is -2.44. The van der Waals surface area contributed by atoms with E-state index in [0.717, 1.165) is 0 Å². The van der Waals surface area contributed by atoms with Crippen LogP contribution in [0.5, 0.6) is 0 Å². The fourth-order valence-corrected chi connectivity index (χ4v) is 3.65. The number of benzene rings is 1. The first-order valence-corrected chi connectivity index (χ1v) is 8.79. The van der Waals surface area contributed by atoms with Crippen LogP contribution in [0.3, 0.4) is 0 Å². The zero-order chi connectivity index (χ0) is 17.7. The van der Waals surface area contributed by atoms with Gasteiger partial charge in [0, 0.05) is 18.8 Å². The van der Waals surface area contributed by atoms with Crippen molar-refractivity contribution in [2.75, 3.05) is 31.6 Å². The lowest BCUT2D eigenvalue weighted by Gasteiger charge is -2.26. The maximum Gasteiger partial charge on any atom is 0.312 e. The molecule has 1 heterocycles. The van der Waals surface area contributed by atoms with Gasteiger partial charge in [-0.25, -0.2) is 13.2 Å². The molecule has 0 radical (unpaired) electrons. The van der Waals surface area contributed by atoms with E-state index in [1.807, 2.05) is 0 Å². The first-order valence-electron chi connectivity index (χ1n) is 7.35. The van der Waals surface area contributed by atoms with E-state index in [0.29, 0.717) is 32.0 Å². The van der Waals surface area contributed by atoms with Crippen molar-refractivity contribution in [3.05, 3.63) is 24.3 Å². The van der Waals surface area contributed by atoms with Gasteiger partial charge < -0.3 is 21.1 Å². The summed E-state index contributed by atoms with van der Waals surface area (Å²) in [6.45, 7) is 2.75. The Morgan fingerprint density at radius 2 is 1.96 bits per heavy atom. The molecule has 0 aromatic heterocycles. The van der Waals surface area contributed by atoms with Crippen LogP contribution in [0.15, 0.2) is 29.2 Å². The van der Waals surface area contributed by atoms with Gasteiger partial charge in [-0.1, -0.05) is 6.07 Å². The number of primary amides is 1. The second-order valence-electron chi connectivity index (χ2n) is 5.26. The van der Waals surface area contributed by atoms with E-state index in [1.54, 1.807) is 6.07 Å². The van der Waals surface area contributed by atoms with Crippen molar-refractivity contribution in [3.8, 4) is 0 Å². The highest BCUT2D eigenvalue weighted by molar-refractivity contribution is 7.89. The first kappa shape index (κ1) is 18.2. The Balaban J connectivity index is 2.13. The van der Waals surface area contributed by atoms with Gasteiger partial charge in [-0.15, -0.1) is 0 Å². The van der Waals surface area contributed by atoms with Crippen LogP contribution >= 0.6 is 0 Å². The topological polar surface area (TPSA) is 131 Å². The van der Waals surface area contributed by atoms with E-state index < -0.39 is 28.0 Å². The molecule has 132 valence electrons. The third kappa shape index (κ3) is 4.43. The van der Waals surface area contributed by atoms with Crippen LogP contribution in [0.2, 0.25) is 0 Å². The maximum atomic E-state index is 12.6. The van der Waals surface area contributed by atoms with Gasteiger partial charge in [-0.05, 0) is 25.1 Å². The van der Waals surface area contributed by atoms with Crippen LogP contribution in [-0.2, 0) is 19.6 Å². The molecule has 1 aromatic carbocycles. The number of urea groups is 1. The number of amides is 3. The van der Waals surface area contributed by atoms with E-state index in [4.69, 9.17) is 10.5 Å². The fourth-order valence-electron chi connectivity index (χ4n) is 2.20. The molecule has 0 spiro atoms. The molecule has 1 fully saturated rings. The highest BCUT2D eigenvalue weighted by Gasteiger charge is 2.26. The molecule has 1 atom stereocenters. The number of nitrogens with zero attached hydrogens (tertiary/aromatic N) is 1. The smallest absolute Gasteiger partial charge is 0.312 e. The van der Waals surface area contributed by atoms with Crippen LogP contribution in [0.25, 0.3) is 0 Å². The number of ether oxygens (including phenoxy) is 1. The molecule has 1 aliphatic heterocycles. The van der Waals surface area contributed by atoms with Crippen molar-refractivity contribution in [1.29, 1.82) is 0 Å². The Morgan fingerprint density at radius 1 is 1.29 bits per heavy atom. The van der Waals surface area contributed by atoms with Crippen molar-refractivity contribution in [2.24, 2.45) is 5.73 Å². The van der Waals surface area contributed by atoms with Crippen molar-refractivity contribution in [2.45, 2.75) is 17.9 Å². The van der Waals surface area contributed by atoms with Crippen LogP contribution in [0, 0.1) is 0 Å². The summed E-state index contributed by atoms with van der Waals surface area (Å²) in [5.41, 5.74) is 5.28. The molecule has 1 unspecified atom stereocenters. The minimum Gasteiger partial charge on any atom is -0.379 e. The lowest BCUT2D eigenvalue weighted by atomic mass is 10.2. The number of hydrogen-bond donors (Lipinski definition) is 3. The number of carbonyl (C=O) groups is 2. The summed E-state index contributed by atoms with van der Waals surface area (Å²) in [6.07, 6.45) is 0. The molecule has 1 saturated heterocycles. The van der Waals surface area contributed by atoms with E-state index in [-0.39, 0.29) is 4.90 Å². The molecule has 1 aliphatic rings. The standard InChI is InChI=1S/C14H20N4O5S/c1-10(16-14(15)20)13(19)17-11-3-2-4-12(9-11)24(21,22)18-5-7-23-8-6-18/h2-4,9-10H,5-8H2,1H3,(H,17,19)(H3,15,16,20). The third-order valence-corrected chi connectivity index (χ3v) is 5.36. The second-order valence-corrected chi connectivity index (χ2v) is 7.20. The summed E-state index contributed by atoms with van der Waals surface area (Å²) in [7, 11) is -3.65. The molecule has 2 rings (SSSR count). The molecule has 3 amide bonds. The molecule has 24 heavy (non-hydrogen) atoms. The minimum absolute atomic E-state index is 0.0812. The second kappa shape index (κ2) is 7.60. The summed E-state index contributed by atoms with van der Waals surface area (Å²) < 4.78 is 31.7. The quantitative estimate of drug-likeness (QED) is 0.667. The Bertz CT molecular complexity index is 716. The van der Waals surface area contributed by atoms with Crippen molar-refractivity contribution < 1.29 is 22.7 Å². The monoisotopic (exact) mass is 356 g/mol. The van der Waals surface area contributed by atoms with Crippen LogP contribution in [0.4, 0.5) is 10.5 Å². The van der Waals surface area contributed by atoms with Gasteiger partial charge in [0.2, 0.25) is 15.9 Å². The Kier molecular flexibility index (Phi) is 5.75. The van der Waals surface area contributed by atoms with Crippen LogP contribution < -0.4 is 16.4 Å². The number of sulfonamides is 1. The van der Waals surface area contributed by atoms with Crippen LogP contribution in [-0.4, -0.2) is 57.0 Å². The van der Waals surface area contributed by atoms with Gasteiger partial charge in [-0.3, -0.25) is 4.79 Å². The van der Waals surface area contributed by atoms with Crippen molar-refractivity contribution >= 4 is 27.6 Å². The fraction of sp³-hybridized carbons (Fsp3) is 0.429. The average Bonchev–Trinajstić information content (AvgIpc) is 2.55. The summed E-state index contributed by atoms with van der Waals surface area (Å²) in [5, 5.41) is 4.79. The number of nitrogens with one attached hydrogen (secondary N) is 2. The highest BCUT2D eigenvalue weighted by Crippen LogP contribution is 2.20. The number of carbonyl (C=O) groups excluding carboxylic acids is 2. The predicted molar refractivity (Wildman–Crippen MR) is 86.8 cm³/mol. The normalized spacial score (nSPS) is 17.0. The first-order chi connectivity index (χ1) is 11.3. The molecular weight excluding hydrogens is 336 g/mol. The van der Waals surface area contributed by atoms with Crippen molar-refractivity contribution in [3.63, 3.8) is 0 Å². The largest absolute Gasteiger partial charge is 0.379 e. The number of rotatable bonds is 5. The number of morpholine rings is 1. The molecule has 0 bridgehead atoms. The van der Waals surface area contributed by atoms with Crippen LogP contribution in [0.1, 0.15) is 6.92 Å². The zero-order valence-corrected chi connectivity index (χ0v) is 14.0. The van der Waals surface area contributed by atoms with Gasteiger partial charge >= 0.3 is 6.03 Å². The molecule has 9 nitrogen and oxygen atoms in total. The van der Waals surface area contributed by atoms with Crippen molar-refractivity contribution in [1.82, 2.24) is 9.62 Å². The van der Waals surface area contributed by atoms with Gasteiger partial charge in [0.05, 0.1) is 18.1 Å². The summed E-state index contributed by atoms with van der Waals surface area (Å²) in [5.74, 6) is -0.505. The molecular formula is C14H20N4O5S. The van der Waals surface area contributed by atoms with E-state index in [1.165, 1.54) is 29.4 Å². The molecule has 0 saturated carbocycles. The summed E-state index contributed by atoms with van der Waals surface area (Å²) in [6, 6.07) is 4.27. The number of nitrogens with two attached hydrogens (primary N) is 1. The van der Waals surface area contributed by atoms with Gasteiger partial charge in [-0.2, -0.15) is 4.31 Å². The predicted octanol–water partition coefficient (Wildman–Crippen LogP) is -0.297. The van der Waals surface area contributed by atoms with Gasteiger partial charge in [0.15, 0.2) is 0 Å². The van der Waals surface area contributed by atoms with E-state index >= 15 is 0 Å². The van der Waals surface area contributed by atoms with Gasteiger partial charge in [0.1, 0.15) is 6.04 Å².